The molecule has 0 saturated carbocycles. The summed E-state index contributed by atoms with van der Waals surface area (Å²) in [5, 5.41) is 10.7. The molecule has 0 aliphatic carbocycles. The number of pyridine rings is 2. The van der Waals surface area contributed by atoms with Crippen molar-refractivity contribution < 1.29 is 30.0 Å². The van der Waals surface area contributed by atoms with Crippen molar-refractivity contribution in [1.29, 1.82) is 0 Å². The molecule has 0 saturated heterocycles. The van der Waals surface area contributed by atoms with Gasteiger partial charge in [0.25, 0.3) is 0 Å². The number of rotatable bonds is 2. The maximum atomic E-state index is 10.1. The zero-order valence-electron chi connectivity index (χ0n) is 14.6. The normalized spacial score (nSPS) is 9.67. The summed E-state index contributed by atoms with van der Waals surface area (Å²) in [7, 11) is 0. The minimum atomic E-state index is -0.990. The fraction of sp³-hybridized carbons (Fsp3) is 0.0455. The molecule has 0 atom stereocenters. The minimum absolute atomic E-state index is 0. The Balaban J connectivity index is 0.000000224. The van der Waals surface area contributed by atoms with Gasteiger partial charge in [-0.3, -0.25) is 0 Å². The average molecular weight is 534 g/mol. The predicted octanol–water partition coefficient (Wildman–Crippen LogP) is 4.79. The summed E-state index contributed by atoms with van der Waals surface area (Å²) < 4.78 is 0. The van der Waals surface area contributed by atoms with Gasteiger partial charge in [-0.1, -0.05) is 37.3 Å². The molecule has 2 aromatic carbocycles. The molecule has 2 aromatic heterocycles. The van der Waals surface area contributed by atoms with E-state index in [9.17, 15) is 4.79 Å². The molecule has 0 aliphatic rings. The Bertz CT molecular complexity index is 1010. The van der Waals surface area contributed by atoms with Crippen LogP contribution in [0.2, 0.25) is 0 Å². The molecule has 4 nitrogen and oxygen atoms in total. The van der Waals surface area contributed by atoms with Gasteiger partial charge in [-0.2, -0.15) is 0 Å². The fourth-order valence-electron chi connectivity index (χ4n) is 2.47. The van der Waals surface area contributed by atoms with Crippen LogP contribution in [0.25, 0.3) is 22.0 Å². The number of carbonyl (C=O) groups is 1. The van der Waals surface area contributed by atoms with Gasteiger partial charge in [-0.25, -0.2) is 9.78 Å². The molecule has 5 heteroatoms. The standard InChI is InChI=1S/C16H12N.C6H5NO2.Ir/c1-12-6-8-14(9-7-12)16-15-5-3-2-4-13(15)10-11-17-16;8-6(9)5-3-1-2-4-7-5;/h2-8,10-11H,1H3;1-4H,(H,8,9);/q-1;;. The number of aromatic nitrogens is 2. The van der Waals surface area contributed by atoms with Crippen LogP contribution >= 0.6 is 0 Å². The maximum Gasteiger partial charge on any atom is 0.354 e. The van der Waals surface area contributed by atoms with Crippen LogP contribution in [-0.2, 0) is 20.1 Å². The van der Waals surface area contributed by atoms with E-state index in [4.69, 9.17) is 5.11 Å². The third kappa shape index (κ3) is 5.30. The monoisotopic (exact) mass is 534 g/mol. The second-order valence-corrected chi connectivity index (χ2v) is 5.68. The zero-order valence-corrected chi connectivity index (χ0v) is 17.0. The van der Waals surface area contributed by atoms with Crippen molar-refractivity contribution >= 4 is 16.7 Å². The zero-order chi connectivity index (χ0) is 18.4. The molecule has 4 aromatic rings. The average Bonchev–Trinajstić information content (AvgIpc) is 2.69. The molecular weight excluding hydrogens is 516 g/mol. The summed E-state index contributed by atoms with van der Waals surface area (Å²) in [6, 6.07) is 24.5. The molecule has 0 aliphatic heterocycles. The Morgan fingerprint density at radius 2 is 1.70 bits per heavy atom. The SMILES string of the molecule is Cc1c[c-]c(-c2nccc3ccccc23)cc1.O=C(O)c1ccccn1.[Ir]. The van der Waals surface area contributed by atoms with Crippen molar-refractivity contribution in [1.82, 2.24) is 9.97 Å². The minimum Gasteiger partial charge on any atom is -0.477 e. The Hall–Kier alpha value is -2.88. The first-order valence-corrected chi connectivity index (χ1v) is 8.12. The van der Waals surface area contributed by atoms with Crippen LogP contribution in [-0.4, -0.2) is 21.0 Å². The Kier molecular flexibility index (Phi) is 7.35. The molecule has 4 rings (SSSR count). The number of hydrogen-bond donors (Lipinski definition) is 1. The first kappa shape index (κ1) is 20.4. The second-order valence-electron chi connectivity index (χ2n) is 5.68. The van der Waals surface area contributed by atoms with Gasteiger partial charge >= 0.3 is 5.97 Å². The van der Waals surface area contributed by atoms with Crippen molar-refractivity contribution in [2.24, 2.45) is 0 Å². The summed E-state index contributed by atoms with van der Waals surface area (Å²) in [4.78, 5) is 18.2. The summed E-state index contributed by atoms with van der Waals surface area (Å²) >= 11 is 0. The topological polar surface area (TPSA) is 63.1 Å². The summed E-state index contributed by atoms with van der Waals surface area (Å²) in [6.07, 6.45) is 3.30. The molecule has 27 heavy (non-hydrogen) atoms. The number of aromatic carboxylic acids is 1. The summed E-state index contributed by atoms with van der Waals surface area (Å²) in [5.74, 6) is -0.990. The van der Waals surface area contributed by atoms with Crippen molar-refractivity contribution in [2.45, 2.75) is 6.92 Å². The molecule has 0 unspecified atom stereocenters. The molecular formula is C22H17IrN2O2-. The molecule has 0 spiro atoms. The van der Waals surface area contributed by atoms with E-state index in [1.54, 1.807) is 12.1 Å². The number of benzene rings is 2. The molecule has 0 amide bonds. The van der Waals surface area contributed by atoms with Gasteiger partial charge in [0.2, 0.25) is 0 Å². The smallest absolute Gasteiger partial charge is 0.354 e. The van der Waals surface area contributed by atoms with Crippen LogP contribution in [0.15, 0.2) is 79.1 Å². The largest absolute Gasteiger partial charge is 0.477 e. The quantitative estimate of drug-likeness (QED) is 0.377. The van der Waals surface area contributed by atoms with Gasteiger partial charge in [-0.15, -0.1) is 35.4 Å². The molecule has 0 fully saturated rings. The number of carboxylic acid groups (broad SMARTS) is 1. The van der Waals surface area contributed by atoms with E-state index in [0.717, 1.165) is 11.3 Å². The van der Waals surface area contributed by atoms with Crippen LogP contribution < -0.4 is 0 Å². The number of carboxylic acids is 1. The van der Waals surface area contributed by atoms with E-state index in [1.807, 2.05) is 30.5 Å². The van der Waals surface area contributed by atoms with E-state index in [2.05, 4.69) is 47.2 Å². The third-order valence-corrected chi connectivity index (χ3v) is 3.78. The molecule has 2 heterocycles. The van der Waals surface area contributed by atoms with Gasteiger partial charge in [-0.05, 0) is 34.7 Å². The van der Waals surface area contributed by atoms with Gasteiger partial charge < -0.3 is 10.1 Å². The molecule has 1 N–H and O–H groups in total. The van der Waals surface area contributed by atoms with Crippen LogP contribution in [0.1, 0.15) is 16.1 Å². The van der Waals surface area contributed by atoms with E-state index in [1.165, 1.54) is 28.6 Å². The van der Waals surface area contributed by atoms with Gasteiger partial charge in [0.1, 0.15) is 5.69 Å². The van der Waals surface area contributed by atoms with Crippen molar-refractivity contribution in [3.05, 3.63) is 96.4 Å². The first-order valence-electron chi connectivity index (χ1n) is 8.12. The number of hydrogen-bond acceptors (Lipinski definition) is 3. The Labute approximate surface area is 171 Å². The van der Waals surface area contributed by atoms with Gasteiger partial charge in [0.05, 0.1) is 0 Å². The van der Waals surface area contributed by atoms with Gasteiger partial charge in [0.15, 0.2) is 0 Å². The summed E-state index contributed by atoms with van der Waals surface area (Å²) in [5.41, 5.74) is 3.35. The van der Waals surface area contributed by atoms with Crippen LogP contribution in [0.5, 0.6) is 0 Å². The van der Waals surface area contributed by atoms with E-state index < -0.39 is 5.97 Å². The third-order valence-electron chi connectivity index (χ3n) is 3.78. The van der Waals surface area contributed by atoms with Crippen LogP contribution in [0.3, 0.4) is 0 Å². The van der Waals surface area contributed by atoms with Crippen LogP contribution in [0, 0.1) is 13.0 Å². The first-order chi connectivity index (χ1) is 12.6. The molecule has 0 bridgehead atoms. The number of aryl methyl sites for hydroxylation is 1. The second kappa shape index (κ2) is 9.72. The number of fused-ring (bicyclic) bond motifs is 1. The van der Waals surface area contributed by atoms with E-state index in [0.29, 0.717) is 0 Å². The van der Waals surface area contributed by atoms with Crippen LogP contribution in [0.4, 0.5) is 0 Å². The Morgan fingerprint density at radius 3 is 2.33 bits per heavy atom. The molecule has 1 radical (unpaired) electrons. The Morgan fingerprint density at radius 1 is 0.926 bits per heavy atom. The molecule has 137 valence electrons. The predicted molar refractivity (Wildman–Crippen MR) is 102 cm³/mol. The summed E-state index contributed by atoms with van der Waals surface area (Å²) in [6.45, 7) is 2.07. The van der Waals surface area contributed by atoms with Crippen molar-refractivity contribution in [3.8, 4) is 11.3 Å². The van der Waals surface area contributed by atoms with E-state index in [-0.39, 0.29) is 25.8 Å². The fourth-order valence-corrected chi connectivity index (χ4v) is 2.47. The van der Waals surface area contributed by atoms with Crippen molar-refractivity contribution in [3.63, 3.8) is 0 Å². The van der Waals surface area contributed by atoms with Crippen molar-refractivity contribution in [2.75, 3.05) is 0 Å². The number of nitrogens with zero attached hydrogens (tertiary/aromatic N) is 2. The van der Waals surface area contributed by atoms with Gasteiger partial charge in [0, 0.05) is 32.5 Å². The van der Waals surface area contributed by atoms with E-state index >= 15 is 0 Å². The maximum absolute atomic E-state index is 10.1.